The molecule has 0 radical (unpaired) electrons. The molecule has 1 saturated carbocycles. The first-order chi connectivity index (χ1) is 8.65. The van der Waals surface area contributed by atoms with Crippen LogP contribution < -0.4 is 4.90 Å². The van der Waals surface area contributed by atoms with Crippen LogP contribution in [0.4, 0.5) is 5.69 Å². The van der Waals surface area contributed by atoms with E-state index < -0.39 is 11.9 Å². The predicted molar refractivity (Wildman–Crippen MR) is 68.3 cm³/mol. The molecule has 0 aromatic heterocycles. The Hall–Kier alpha value is -1.84. The molecule has 0 saturated heterocycles. The third kappa shape index (κ3) is 2.23. The molecule has 1 N–H and O–H groups in total. The zero-order valence-corrected chi connectivity index (χ0v) is 10.4. The minimum atomic E-state index is -0.858. The molecule has 1 aliphatic carbocycles. The highest BCUT2D eigenvalue weighted by molar-refractivity contribution is 5.98. The first kappa shape index (κ1) is 12.6. The lowest BCUT2D eigenvalue weighted by Crippen LogP contribution is -2.46. The van der Waals surface area contributed by atoms with Gasteiger partial charge < -0.3 is 10.0 Å². The fourth-order valence-corrected chi connectivity index (χ4v) is 2.36. The summed E-state index contributed by atoms with van der Waals surface area (Å²) in [6.45, 7) is 2.46. The van der Waals surface area contributed by atoms with Crippen molar-refractivity contribution in [1.82, 2.24) is 0 Å². The van der Waals surface area contributed by atoms with Gasteiger partial charge >= 0.3 is 5.97 Å². The van der Waals surface area contributed by atoms with Gasteiger partial charge in [0.25, 0.3) is 0 Å². The second kappa shape index (κ2) is 5.21. The minimum Gasteiger partial charge on any atom is -0.481 e. The van der Waals surface area contributed by atoms with Crippen LogP contribution in [0.3, 0.4) is 0 Å². The molecule has 1 aliphatic rings. The van der Waals surface area contributed by atoms with Crippen LogP contribution >= 0.6 is 0 Å². The summed E-state index contributed by atoms with van der Waals surface area (Å²) in [6.07, 6.45) is 1.29. The molecule has 1 amide bonds. The highest BCUT2D eigenvalue weighted by Crippen LogP contribution is 2.36. The van der Waals surface area contributed by atoms with Crippen molar-refractivity contribution in [3.63, 3.8) is 0 Å². The fourth-order valence-electron chi connectivity index (χ4n) is 2.36. The number of hydrogen-bond donors (Lipinski definition) is 1. The number of hydrogen-bond acceptors (Lipinski definition) is 2. The maximum atomic E-state index is 12.3. The van der Waals surface area contributed by atoms with Crippen LogP contribution in [0.1, 0.15) is 19.8 Å². The summed E-state index contributed by atoms with van der Waals surface area (Å²) in [6, 6.07) is 9.39. The summed E-state index contributed by atoms with van der Waals surface area (Å²) in [5.41, 5.74) is 0.834. The molecule has 2 rings (SSSR count). The summed E-state index contributed by atoms with van der Waals surface area (Å²) >= 11 is 0. The molecule has 18 heavy (non-hydrogen) atoms. The number of para-hydroxylation sites is 1. The topological polar surface area (TPSA) is 57.6 Å². The van der Waals surface area contributed by atoms with Gasteiger partial charge in [0.15, 0.2) is 0 Å². The predicted octanol–water partition coefficient (Wildman–Crippen LogP) is 2.15. The van der Waals surface area contributed by atoms with Crippen LogP contribution in [0.5, 0.6) is 0 Å². The number of carboxylic acids is 1. The fraction of sp³-hybridized carbons (Fsp3) is 0.429. The van der Waals surface area contributed by atoms with Crippen molar-refractivity contribution in [2.24, 2.45) is 11.8 Å². The van der Waals surface area contributed by atoms with E-state index in [0.29, 0.717) is 19.4 Å². The Labute approximate surface area is 106 Å². The monoisotopic (exact) mass is 247 g/mol. The van der Waals surface area contributed by atoms with Crippen LogP contribution in [0.15, 0.2) is 30.3 Å². The summed E-state index contributed by atoms with van der Waals surface area (Å²) in [4.78, 5) is 25.0. The van der Waals surface area contributed by atoms with Gasteiger partial charge in [0, 0.05) is 12.2 Å². The van der Waals surface area contributed by atoms with Crippen LogP contribution in [-0.4, -0.2) is 23.5 Å². The third-order valence-corrected chi connectivity index (χ3v) is 3.56. The average Bonchev–Trinajstić information content (AvgIpc) is 2.29. The molecule has 1 fully saturated rings. The Balaban J connectivity index is 2.14. The van der Waals surface area contributed by atoms with Gasteiger partial charge in [-0.1, -0.05) is 18.2 Å². The maximum Gasteiger partial charge on any atom is 0.307 e. The Morgan fingerprint density at radius 3 is 2.28 bits per heavy atom. The Morgan fingerprint density at radius 1 is 1.22 bits per heavy atom. The van der Waals surface area contributed by atoms with Crippen LogP contribution in [-0.2, 0) is 9.59 Å². The summed E-state index contributed by atoms with van der Waals surface area (Å²) in [7, 11) is 0. The molecular formula is C14H17NO3. The molecule has 1 aromatic rings. The maximum absolute atomic E-state index is 12.3. The van der Waals surface area contributed by atoms with Crippen molar-refractivity contribution in [1.29, 1.82) is 0 Å². The van der Waals surface area contributed by atoms with Crippen LogP contribution in [0, 0.1) is 11.8 Å². The SMILES string of the molecule is CCN(C(=O)C1CCC1C(=O)O)c1ccccc1. The van der Waals surface area contributed by atoms with Crippen molar-refractivity contribution in [3.8, 4) is 0 Å². The average molecular weight is 247 g/mol. The third-order valence-electron chi connectivity index (χ3n) is 3.56. The lowest BCUT2D eigenvalue weighted by atomic mass is 9.73. The zero-order chi connectivity index (χ0) is 13.1. The highest BCUT2D eigenvalue weighted by atomic mass is 16.4. The molecule has 0 heterocycles. The normalized spacial score (nSPS) is 22.1. The van der Waals surface area contributed by atoms with Crippen molar-refractivity contribution >= 4 is 17.6 Å². The molecular weight excluding hydrogens is 230 g/mol. The summed E-state index contributed by atoms with van der Waals surface area (Å²) < 4.78 is 0. The first-order valence-corrected chi connectivity index (χ1v) is 6.24. The van der Waals surface area contributed by atoms with Gasteiger partial charge in [-0.15, -0.1) is 0 Å². The van der Waals surface area contributed by atoms with Gasteiger partial charge in [-0.2, -0.15) is 0 Å². The quantitative estimate of drug-likeness (QED) is 0.886. The van der Waals surface area contributed by atoms with E-state index in [2.05, 4.69) is 0 Å². The molecule has 96 valence electrons. The Bertz CT molecular complexity index is 444. The van der Waals surface area contributed by atoms with Gasteiger partial charge in [0.2, 0.25) is 5.91 Å². The van der Waals surface area contributed by atoms with Gasteiger partial charge in [0.05, 0.1) is 11.8 Å². The second-order valence-corrected chi connectivity index (χ2v) is 4.55. The number of anilines is 1. The smallest absolute Gasteiger partial charge is 0.307 e. The molecule has 4 heteroatoms. The molecule has 2 unspecified atom stereocenters. The number of benzene rings is 1. The number of carbonyl (C=O) groups excluding carboxylic acids is 1. The second-order valence-electron chi connectivity index (χ2n) is 4.55. The van der Waals surface area contributed by atoms with Crippen LogP contribution in [0.2, 0.25) is 0 Å². The zero-order valence-electron chi connectivity index (χ0n) is 10.4. The van der Waals surface area contributed by atoms with Crippen molar-refractivity contribution in [2.45, 2.75) is 19.8 Å². The number of nitrogens with zero attached hydrogens (tertiary/aromatic N) is 1. The lowest BCUT2D eigenvalue weighted by molar-refractivity contribution is -0.152. The van der Waals surface area contributed by atoms with E-state index in [-0.39, 0.29) is 11.8 Å². The van der Waals surface area contributed by atoms with E-state index >= 15 is 0 Å². The standard InChI is InChI=1S/C14H17NO3/c1-2-15(10-6-4-3-5-7-10)13(16)11-8-9-12(11)14(17)18/h3-7,11-12H,2,8-9H2,1H3,(H,17,18). The molecule has 0 spiro atoms. The van der Waals surface area contributed by atoms with E-state index in [1.807, 2.05) is 37.3 Å². The van der Waals surface area contributed by atoms with Gasteiger partial charge in [-0.25, -0.2) is 0 Å². The summed E-state index contributed by atoms with van der Waals surface area (Å²) in [5.74, 6) is -1.79. The molecule has 4 nitrogen and oxygen atoms in total. The van der Waals surface area contributed by atoms with Gasteiger partial charge in [-0.05, 0) is 31.9 Å². The van der Waals surface area contributed by atoms with E-state index in [4.69, 9.17) is 5.11 Å². The first-order valence-electron chi connectivity index (χ1n) is 6.24. The van der Waals surface area contributed by atoms with Crippen molar-refractivity contribution < 1.29 is 14.7 Å². The van der Waals surface area contributed by atoms with E-state index in [1.165, 1.54) is 0 Å². The van der Waals surface area contributed by atoms with Crippen molar-refractivity contribution in [2.75, 3.05) is 11.4 Å². The number of amides is 1. The highest BCUT2D eigenvalue weighted by Gasteiger charge is 2.43. The van der Waals surface area contributed by atoms with Crippen molar-refractivity contribution in [3.05, 3.63) is 30.3 Å². The molecule has 0 bridgehead atoms. The minimum absolute atomic E-state index is 0.0673. The van der Waals surface area contributed by atoms with Gasteiger partial charge in [-0.3, -0.25) is 9.59 Å². The van der Waals surface area contributed by atoms with E-state index in [1.54, 1.807) is 4.90 Å². The van der Waals surface area contributed by atoms with E-state index in [0.717, 1.165) is 5.69 Å². The van der Waals surface area contributed by atoms with Gasteiger partial charge in [0.1, 0.15) is 0 Å². The molecule has 1 aromatic carbocycles. The molecule has 0 aliphatic heterocycles. The Morgan fingerprint density at radius 2 is 1.83 bits per heavy atom. The molecule has 2 atom stereocenters. The van der Waals surface area contributed by atoms with Crippen LogP contribution in [0.25, 0.3) is 0 Å². The number of rotatable bonds is 4. The number of carboxylic acid groups (broad SMARTS) is 1. The Kier molecular flexibility index (Phi) is 3.65. The largest absolute Gasteiger partial charge is 0.481 e. The lowest BCUT2D eigenvalue weighted by Gasteiger charge is -2.36. The number of aliphatic carboxylic acids is 1. The number of carbonyl (C=O) groups is 2. The summed E-state index contributed by atoms with van der Waals surface area (Å²) in [5, 5.41) is 9.01. The van der Waals surface area contributed by atoms with E-state index in [9.17, 15) is 9.59 Å².